The summed E-state index contributed by atoms with van der Waals surface area (Å²) in [6.45, 7) is 5.80. The van der Waals surface area contributed by atoms with Crippen molar-refractivity contribution in [3.05, 3.63) is 71.7 Å². The number of pyridine rings is 1. The maximum atomic E-state index is 13.1. The van der Waals surface area contributed by atoms with E-state index in [1.165, 1.54) is 5.56 Å². The van der Waals surface area contributed by atoms with E-state index in [0.29, 0.717) is 30.1 Å². The van der Waals surface area contributed by atoms with Crippen molar-refractivity contribution in [1.29, 1.82) is 0 Å². The monoisotopic (exact) mass is 362 g/mol. The quantitative estimate of drug-likeness (QED) is 0.714. The van der Waals surface area contributed by atoms with Crippen LogP contribution < -0.4 is 0 Å². The van der Waals surface area contributed by atoms with Crippen LogP contribution in [0.1, 0.15) is 21.7 Å². The van der Waals surface area contributed by atoms with Gasteiger partial charge in [0.15, 0.2) is 0 Å². The van der Waals surface area contributed by atoms with Gasteiger partial charge >= 0.3 is 0 Å². The second kappa shape index (κ2) is 7.72. The summed E-state index contributed by atoms with van der Waals surface area (Å²) in [5.74, 6) is 0.525. The van der Waals surface area contributed by atoms with E-state index >= 15 is 0 Å². The summed E-state index contributed by atoms with van der Waals surface area (Å²) in [4.78, 5) is 21.5. The number of hydrogen-bond acceptors (Lipinski definition) is 5. The van der Waals surface area contributed by atoms with Crippen LogP contribution in [0.5, 0.6) is 0 Å². The van der Waals surface area contributed by atoms with Crippen molar-refractivity contribution < 1.29 is 9.32 Å². The number of carbonyl (C=O) groups is 1. The van der Waals surface area contributed by atoms with Crippen molar-refractivity contribution in [3.8, 4) is 11.3 Å². The molecule has 1 aliphatic rings. The first-order valence-corrected chi connectivity index (χ1v) is 9.14. The molecule has 0 N–H and O–H groups in total. The van der Waals surface area contributed by atoms with Gasteiger partial charge in [0.1, 0.15) is 17.0 Å². The Morgan fingerprint density at radius 3 is 2.56 bits per heavy atom. The number of nitrogens with zero attached hydrogens (tertiary/aromatic N) is 4. The average molecular weight is 362 g/mol. The van der Waals surface area contributed by atoms with Gasteiger partial charge in [0.05, 0.1) is 0 Å². The lowest BCUT2D eigenvalue weighted by molar-refractivity contribution is 0.0627. The number of hydrogen-bond donors (Lipinski definition) is 0. The fourth-order valence-corrected chi connectivity index (χ4v) is 3.43. The van der Waals surface area contributed by atoms with E-state index < -0.39 is 0 Å². The van der Waals surface area contributed by atoms with Crippen LogP contribution in [0.2, 0.25) is 0 Å². The smallest absolute Gasteiger partial charge is 0.259 e. The highest BCUT2D eigenvalue weighted by molar-refractivity contribution is 6.00. The lowest BCUT2D eigenvalue weighted by Gasteiger charge is -2.34. The summed E-state index contributed by atoms with van der Waals surface area (Å²) in [5, 5.41) is 4.10. The lowest BCUT2D eigenvalue weighted by Crippen LogP contribution is -2.48. The highest BCUT2D eigenvalue weighted by Crippen LogP contribution is 2.26. The van der Waals surface area contributed by atoms with Crippen LogP contribution in [-0.4, -0.2) is 52.0 Å². The maximum Gasteiger partial charge on any atom is 0.259 e. The van der Waals surface area contributed by atoms with Gasteiger partial charge in [0.25, 0.3) is 5.91 Å². The molecule has 1 fully saturated rings. The minimum absolute atomic E-state index is 0.0213. The van der Waals surface area contributed by atoms with Gasteiger partial charge in [-0.1, -0.05) is 35.5 Å². The summed E-state index contributed by atoms with van der Waals surface area (Å²) >= 11 is 0. The highest BCUT2D eigenvalue weighted by atomic mass is 16.5. The molecule has 1 aliphatic heterocycles. The zero-order chi connectivity index (χ0) is 18.6. The average Bonchev–Trinajstić information content (AvgIpc) is 3.11. The van der Waals surface area contributed by atoms with Crippen LogP contribution in [-0.2, 0) is 6.54 Å². The molecule has 27 heavy (non-hydrogen) atoms. The molecule has 1 amide bonds. The van der Waals surface area contributed by atoms with Gasteiger partial charge in [0.2, 0.25) is 0 Å². The van der Waals surface area contributed by atoms with E-state index in [0.717, 1.165) is 25.2 Å². The predicted octanol–water partition coefficient (Wildman–Crippen LogP) is 3.00. The zero-order valence-corrected chi connectivity index (χ0v) is 15.3. The Kier molecular flexibility index (Phi) is 4.98. The standard InChI is InChI=1S/C21H22N4O2/c1-16-19(20(23-27-16)18-8-5-9-22-14-18)21(26)25-12-10-24(11-13-25)15-17-6-3-2-4-7-17/h2-9,14H,10-13,15H2,1H3. The Hall–Kier alpha value is -2.99. The molecule has 0 atom stereocenters. The van der Waals surface area contributed by atoms with Crippen molar-refractivity contribution in [3.63, 3.8) is 0 Å². The molecule has 6 heteroatoms. The van der Waals surface area contributed by atoms with Crippen molar-refractivity contribution in [2.45, 2.75) is 13.5 Å². The Labute approximate surface area is 158 Å². The first-order valence-electron chi connectivity index (χ1n) is 9.14. The van der Waals surface area contributed by atoms with Gasteiger partial charge in [0, 0.05) is 50.7 Å². The van der Waals surface area contributed by atoms with Crippen molar-refractivity contribution in [2.75, 3.05) is 26.2 Å². The Bertz CT molecular complexity index is 900. The molecule has 1 aromatic carbocycles. The molecule has 3 aromatic rings. The summed E-state index contributed by atoms with van der Waals surface area (Å²) in [6, 6.07) is 14.1. The molecule has 1 saturated heterocycles. The number of piperazine rings is 1. The molecule has 0 unspecified atom stereocenters. The Morgan fingerprint density at radius 2 is 1.85 bits per heavy atom. The van der Waals surface area contributed by atoms with Gasteiger partial charge in [-0.15, -0.1) is 0 Å². The van der Waals surface area contributed by atoms with E-state index in [9.17, 15) is 4.79 Å². The highest BCUT2D eigenvalue weighted by Gasteiger charge is 2.28. The fourth-order valence-electron chi connectivity index (χ4n) is 3.43. The number of rotatable bonds is 4. The van der Waals surface area contributed by atoms with E-state index in [2.05, 4.69) is 39.3 Å². The van der Waals surface area contributed by atoms with Crippen molar-refractivity contribution in [1.82, 2.24) is 19.9 Å². The summed E-state index contributed by atoms with van der Waals surface area (Å²) in [6.07, 6.45) is 3.40. The number of aryl methyl sites for hydroxylation is 1. The second-order valence-electron chi connectivity index (χ2n) is 6.76. The van der Waals surface area contributed by atoms with E-state index in [-0.39, 0.29) is 5.91 Å². The van der Waals surface area contributed by atoms with Crippen molar-refractivity contribution >= 4 is 5.91 Å². The van der Waals surface area contributed by atoms with Gasteiger partial charge in [-0.2, -0.15) is 0 Å². The Morgan fingerprint density at radius 1 is 1.07 bits per heavy atom. The van der Waals surface area contributed by atoms with Crippen LogP contribution in [0.4, 0.5) is 0 Å². The molecule has 0 saturated carbocycles. The molecule has 138 valence electrons. The third-order valence-electron chi connectivity index (χ3n) is 4.92. The summed E-state index contributed by atoms with van der Waals surface area (Å²) in [5.41, 5.74) is 3.20. The number of benzene rings is 1. The minimum atomic E-state index is -0.0213. The lowest BCUT2D eigenvalue weighted by atomic mass is 10.1. The normalized spacial score (nSPS) is 15.1. The summed E-state index contributed by atoms with van der Waals surface area (Å²) < 4.78 is 5.33. The number of carbonyl (C=O) groups excluding carboxylic acids is 1. The van der Waals surface area contributed by atoms with Crippen LogP contribution >= 0.6 is 0 Å². The topological polar surface area (TPSA) is 62.5 Å². The molecule has 0 aliphatic carbocycles. The second-order valence-corrected chi connectivity index (χ2v) is 6.76. The first-order chi connectivity index (χ1) is 13.2. The van der Waals surface area contributed by atoms with Crippen LogP contribution in [0, 0.1) is 6.92 Å². The third kappa shape index (κ3) is 3.75. The largest absolute Gasteiger partial charge is 0.360 e. The van der Waals surface area contributed by atoms with Gasteiger partial charge in [-0.25, -0.2) is 0 Å². The first kappa shape index (κ1) is 17.4. The Balaban J connectivity index is 1.45. The van der Waals surface area contributed by atoms with Crippen molar-refractivity contribution in [2.24, 2.45) is 0 Å². The SMILES string of the molecule is Cc1onc(-c2cccnc2)c1C(=O)N1CCN(Cc2ccccc2)CC1. The number of aromatic nitrogens is 2. The van der Waals surface area contributed by atoms with Crippen LogP contribution in [0.25, 0.3) is 11.3 Å². The van der Waals surface area contributed by atoms with E-state index in [4.69, 9.17) is 4.52 Å². The zero-order valence-electron chi connectivity index (χ0n) is 15.3. The summed E-state index contributed by atoms with van der Waals surface area (Å²) in [7, 11) is 0. The molecule has 4 rings (SSSR count). The van der Waals surface area contributed by atoms with E-state index in [1.807, 2.05) is 23.1 Å². The van der Waals surface area contributed by atoms with E-state index in [1.54, 1.807) is 19.3 Å². The number of amides is 1. The minimum Gasteiger partial charge on any atom is -0.360 e. The van der Waals surface area contributed by atoms with Gasteiger partial charge in [-0.3, -0.25) is 14.7 Å². The molecule has 0 bridgehead atoms. The van der Waals surface area contributed by atoms with Gasteiger partial charge in [-0.05, 0) is 24.6 Å². The van der Waals surface area contributed by atoms with Crippen LogP contribution in [0.3, 0.4) is 0 Å². The predicted molar refractivity (Wildman–Crippen MR) is 102 cm³/mol. The molecular formula is C21H22N4O2. The molecule has 0 radical (unpaired) electrons. The molecule has 0 spiro atoms. The molecule has 2 aromatic heterocycles. The molecular weight excluding hydrogens is 340 g/mol. The fraction of sp³-hybridized carbons (Fsp3) is 0.286. The van der Waals surface area contributed by atoms with Crippen LogP contribution in [0.15, 0.2) is 59.4 Å². The third-order valence-corrected chi connectivity index (χ3v) is 4.92. The molecule has 6 nitrogen and oxygen atoms in total. The molecule has 3 heterocycles. The maximum absolute atomic E-state index is 13.1. The van der Waals surface area contributed by atoms with Gasteiger partial charge < -0.3 is 9.42 Å².